The summed E-state index contributed by atoms with van der Waals surface area (Å²) >= 11 is 3.35. The Morgan fingerprint density at radius 2 is 2.15 bits per heavy atom. The van der Waals surface area contributed by atoms with Crippen molar-refractivity contribution < 1.29 is 9.53 Å². The monoisotopic (exact) mass is 416 g/mol. The minimum Gasteiger partial charge on any atom is -0.445 e. The first kappa shape index (κ1) is 16.8. The molecule has 134 valence electrons. The van der Waals surface area contributed by atoms with Gasteiger partial charge in [0.05, 0.1) is 6.04 Å². The molecule has 1 fully saturated rings. The van der Waals surface area contributed by atoms with Crippen LogP contribution in [-0.4, -0.2) is 31.9 Å². The maximum atomic E-state index is 12.6. The Balaban J connectivity index is 1.58. The van der Waals surface area contributed by atoms with Crippen molar-refractivity contribution >= 4 is 27.5 Å². The number of ether oxygens (including phenoxy) is 1. The highest BCUT2D eigenvalue weighted by molar-refractivity contribution is 9.10. The number of benzene rings is 1. The second-order valence-corrected chi connectivity index (χ2v) is 6.91. The van der Waals surface area contributed by atoms with Crippen molar-refractivity contribution in [3.8, 4) is 0 Å². The number of H-pyrrole nitrogens is 1. The van der Waals surface area contributed by atoms with Gasteiger partial charge in [-0.05, 0) is 34.3 Å². The van der Waals surface area contributed by atoms with Gasteiger partial charge in [0, 0.05) is 18.9 Å². The Kier molecular flexibility index (Phi) is 4.50. The number of hydrogen-bond acceptors (Lipinski definition) is 4. The number of aromatic amines is 1. The Hall–Kier alpha value is -2.61. The summed E-state index contributed by atoms with van der Waals surface area (Å²) in [6.45, 7) is 0.836. The fraction of sp³-hybridized carbons (Fsp3) is 0.278. The van der Waals surface area contributed by atoms with Gasteiger partial charge in [-0.15, -0.1) is 0 Å². The molecule has 1 aliphatic heterocycles. The Bertz CT molecular complexity index is 999. The molecular weight excluding hydrogens is 400 g/mol. The van der Waals surface area contributed by atoms with Crippen molar-refractivity contribution in [1.29, 1.82) is 0 Å². The molecule has 0 spiro atoms. The van der Waals surface area contributed by atoms with E-state index in [1.807, 2.05) is 30.3 Å². The van der Waals surface area contributed by atoms with Crippen molar-refractivity contribution in [2.75, 3.05) is 6.54 Å². The summed E-state index contributed by atoms with van der Waals surface area (Å²) in [4.78, 5) is 33.5. The van der Waals surface area contributed by atoms with Gasteiger partial charge in [-0.3, -0.25) is 14.1 Å². The molecule has 3 heterocycles. The molecule has 7 nitrogen and oxygen atoms in total. The van der Waals surface area contributed by atoms with Crippen LogP contribution in [0.1, 0.15) is 30.3 Å². The molecule has 1 amide bonds. The zero-order valence-corrected chi connectivity index (χ0v) is 15.5. The van der Waals surface area contributed by atoms with Gasteiger partial charge in [0.25, 0.3) is 5.56 Å². The number of nitrogens with one attached hydrogen (secondary N) is 1. The Morgan fingerprint density at radius 1 is 1.35 bits per heavy atom. The number of rotatable bonds is 3. The van der Waals surface area contributed by atoms with E-state index in [4.69, 9.17) is 4.74 Å². The number of carbonyl (C=O) groups is 1. The number of amides is 1. The van der Waals surface area contributed by atoms with Gasteiger partial charge in [0.1, 0.15) is 22.6 Å². The molecule has 4 rings (SSSR count). The lowest BCUT2D eigenvalue weighted by molar-refractivity contribution is 0.0907. The van der Waals surface area contributed by atoms with Gasteiger partial charge in [0.15, 0.2) is 0 Å². The molecule has 8 heteroatoms. The van der Waals surface area contributed by atoms with Crippen LogP contribution in [0.3, 0.4) is 0 Å². The standard InChI is InChI=1S/C18H17BrN4O3/c19-15-14-17(24)20-8-10-23(14)16(21-15)13-7-4-9-22(13)18(25)26-11-12-5-2-1-3-6-12/h1-3,5-6,8,10,13H,4,7,9,11H2,(H,20,24). The smallest absolute Gasteiger partial charge is 0.410 e. The van der Waals surface area contributed by atoms with Crippen molar-refractivity contribution in [2.24, 2.45) is 0 Å². The van der Waals surface area contributed by atoms with E-state index in [9.17, 15) is 9.59 Å². The zero-order chi connectivity index (χ0) is 18.1. The zero-order valence-electron chi connectivity index (χ0n) is 13.9. The lowest BCUT2D eigenvalue weighted by Gasteiger charge is -2.23. The van der Waals surface area contributed by atoms with Crippen LogP contribution in [0.15, 0.2) is 52.1 Å². The molecule has 0 saturated carbocycles. The largest absolute Gasteiger partial charge is 0.445 e. The van der Waals surface area contributed by atoms with E-state index in [0.29, 0.717) is 22.5 Å². The summed E-state index contributed by atoms with van der Waals surface area (Å²) < 4.78 is 7.68. The van der Waals surface area contributed by atoms with Crippen molar-refractivity contribution in [3.05, 3.63) is 69.1 Å². The Morgan fingerprint density at radius 3 is 2.96 bits per heavy atom. The highest BCUT2D eigenvalue weighted by Crippen LogP contribution is 2.33. The Labute approximate surface area is 157 Å². The summed E-state index contributed by atoms with van der Waals surface area (Å²) in [6.07, 6.45) is 4.59. The number of aromatic nitrogens is 3. The molecule has 1 saturated heterocycles. The van der Waals surface area contributed by atoms with Crippen LogP contribution in [0.2, 0.25) is 0 Å². The molecule has 1 atom stereocenters. The third kappa shape index (κ3) is 3.01. The predicted octanol–water partition coefficient (Wildman–Crippen LogP) is 3.26. The minimum atomic E-state index is -0.367. The van der Waals surface area contributed by atoms with Gasteiger partial charge in [-0.1, -0.05) is 30.3 Å². The lowest BCUT2D eigenvalue weighted by atomic mass is 10.2. The summed E-state index contributed by atoms with van der Waals surface area (Å²) in [5.74, 6) is 0.659. The van der Waals surface area contributed by atoms with Crippen LogP contribution in [0, 0.1) is 0 Å². The molecule has 1 unspecified atom stereocenters. The van der Waals surface area contributed by atoms with Crippen molar-refractivity contribution in [3.63, 3.8) is 0 Å². The van der Waals surface area contributed by atoms with Crippen LogP contribution < -0.4 is 5.56 Å². The maximum absolute atomic E-state index is 12.6. The normalized spacial score (nSPS) is 17.0. The molecule has 1 N–H and O–H groups in total. The van der Waals surface area contributed by atoms with E-state index in [2.05, 4.69) is 25.9 Å². The summed E-state index contributed by atoms with van der Waals surface area (Å²) in [5, 5.41) is 0. The molecule has 0 bridgehead atoms. The van der Waals surface area contributed by atoms with Crippen LogP contribution in [0.5, 0.6) is 0 Å². The topological polar surface area (TPSA) is 79.7 Å². The van der Waals surface area contributed by atoms with Crippen molar-refractivity contribution in [2.45, 2.75) is 25.5 Å². The SMILES string of the molecule is O=C(OCc1ccccc1)N1CCCC1c1nc(Br)c2c(=O)[nH]ccn12. The van der Waals surface area contributed by atoms with Gasteiger partial charge in [0.2, 0.25) is 0 Å². The van der Waals surface area contributed by atoms with Crippen LogP contribution in [0.4, 0.5) is 4.79 Å². The molecule has 3 aromatic rings. The third-order valence-electron chi connectivity index (χ3n) is 4.54. The number of halogens is 1. The molecule has 1 aromatic carbocycles. The highest BCUT2D eigenvalue weighted by atomic mass is 79.9. The summed E-state index contributed by atoms with van der Waals surface area (Å²) in [7, 11) is 0. The van der Waals surface area contributed by atoms with E-state index < -0.39 is 0 Å². The van der Waals surface area contributed by atoms with E-state index in [-0.39, 0.29) is 24.3 Å². The summed E-state index contributed by atoms with van der Waals surface area (Å²) in [5.41, 5.74) is 1.15. The van der Waals surface area contributed by atoms with Gasteiger partial charge < -0.3 is 9.72 Å². The van der Waals surface area contributed by atoms with Crippen molar-refractivity contribution in [1.82, 2.24) is 19.3 Å². The summed E-state index contributed by atoms with van der Waals surface area (Å²) in [6, 6.07) is 9.35. The second kappa shape index (κ2) is 6.95. The van der Waals surface area contributed by atoms with E-state index in [1.165, 1.54) is 0 Å². The number of likely N-dealkylation sites (tertiary alicyclic amines) is 1. The molecular formula is C18H17BrN4O3. The van der Waals surface area contributed by atoms with E-state index in [0.717, 1.165) is 18.4 Å². The molecule has 0 aliphatic carbocycles. The number of nitrogens with zero attached hydrogens (tertiary/aromatic N) is 3. The lowest BCUT2D eigenvalue weighted by Crippen LogP contribution is -2.32. The average molecular weight is 417 g/mol. The maximum Gasteiger partial charge on any atom is 0.410 e. The first-order valence-corrected chi connectivity index (χ1v) is 9.17. The fourth-order valence-corrected chi connectivity index (χ4v) is 3.87. The first-order chi connectivity index (χ1) is 12.6. The van der Waals surface area contributed by atoms with Gasteiger partial charge >= 0.3 is 6.09 Å². The highest BCUT2D eigenvalue weighted by Gasteiger charge is 2.34. The molecule has 0 radical (unpaired) electrons. The number of imidazole rings is 1. The van der Waals surface area contributed by atoms with Crippen LogP contribution in [0.25, 0.3) is 5.52 Å². The molecule has 26 heavy (non-hydrogen) atoms. The molecule has 1 aliphatic rings. The van der Waals surface area contributed by atoms with Crippen LogP contribution in [-0.2, 0) is 11.3 Å². The predicted molar refractivity (Wildman–Crippen MR) is 98.8 cm³/mol. The number of hydrogen-bond donors (Lipinski definition) is 1. The molecule has 2 aromatic heterocycles. The third-order valence-corrected chi connectivity index (χ3v) is 5.09. The quantitative estimate of drug-likeness (QED) is 0.710. The van der Waals surface area contributed by atoms with E-state index in [1.54, 1.807) is 21.7 Å². The average Bonchev–Trinajstić information content (AvgIpc) is 3.26. The van der Waals surface area contributed by atoms with Gasteiger partial charge in [-0.25, -0.2) is 9.78 Å². The number of carbonyl (C=O) groups excluding carboxylic acids is 1. The van der Waals surface area contributed by atoms with E-state index >= 15 is 0 Å². The first-order valence-electron chi connectivity index (χ1n) is 8.37. The fourth-order valence-electron chi connectivity index (χ4n) is 3.32. The minimum absolute atomic E-state index is 0.223. The second-order valence-electron chi connectivity index (χ2n) is 6.16. The van der Waals surface area contributed by atoms with Crippen LogP contribution >= 0.6 is 15.9 Å². The van der Waals surface area contributed by atoms with Gasteiger partial charge in [-0.2, -0.15) is 0 Å². The number of fused-ring (bicyclic) bond motifs is 1.